The van der Waals surface area contributed by atoms with Crippen molar-refractivity contribution in [3.05, 3.63) is 18.0 Å². The summed E-state index contributed by atoms with van der Waals surface area (Å²) in [6.45, 7) is 3.67. The van der Waals surface area contributed by atoms with Gasteiger partial charge in [-0.05, 0) is 12.8 Å². The van der Waals surface area contributed by atoms with E-state index in [0.29, 0.717) is 12.8 Å². The van der Waals surface area contributed by atoms with Crippen LogP contribution < -0.4 is 5.32 Å². The van der Waals surface area contributed by atoms with Gasteiger partial charge in [-0.1, -0.05) is 13.8 Å². The maximum atomic E-state index is 12.6. The molecule has 7 heteroatoms. The predicted octanol–water partition coefficient (Wildman–Crippen LogP) is 0.805. The highest BCUT2D eigenvalue weighted by Gasteiger charge is 2.51. The van der Waals surface area contributed by atoms with E-state index in [0.717, 1.165) is 10.5 Å². The second-order valence-corrected chi connectivity index (χ2v) is 4.96. The van der Waals surface area contributed by atoms with Crippen molar-refractivity contribution in [3.63, 3.8) is 0 Å². The van der Waals surface area contributed by atoms with E-state index in [1.807, 2.05) is 0 Å². The van der Waals surface area contributed by atoms with Crippen LogP contribution in [0, 0.1) is 5.41 Å². The molecule has 20 heavy (non-hydrogen) atoms. The van der Waals surface area contributed by atoms with E-state index < -0.39 is 23.3 Å². The van der Waals surface area contributed by atoms with Gasteiger partial charge in [-0.2, -0.15) is 5.10 Å². The number of nitrogens with one attached hydrogen (secondary N) is 1. The summed E-state index contributed by atoms with van der Waals surface area (Å²) < 4.78 is 1.60. The Hall–Kier alpha value is -2.18. The zero-order chi connectivity index (χ0) is 14.9. The number of aryl methyl sites for hydroxylation is 1. The number of hydrogen-bond acceptors (Lipinski definition) is 4. The van der Waals surface area contributed by atoms with Crippen molar-refractivity contribution in [2.75, 3.05) is 0 Å². The SMILES string of the molecule is CCC1(CC)C(=O)NC(=O)N(Cc2cnn(C)c2)C1=O. The number of barbiturate groups is 1. The van der Waals surface area contributed by atoms with Gasteiger partial charge in [-0.15, -0.1) is 0 Å². The van der Waals surface area contributed by atoms with Crippen LogP contribution in [-0.2, 0) is 23.2 Å². The summed E-state index contributed by atoms with van der Waals surface area (Å²) in [5.74, 6) is -0.931. The molecule has 1 fully saturated rings. The average Bonchev–Trinajstić information content (AvgIpc) is 2.82. The number of rotatable bonds is 4. The lowest BCUT2D eigenvalue weighted by molar-refractivity contribution is -0.152. The Balaban J connectivity index is 2.30. The molecule has 0 aliphatic carbocycles. The number of amides is 4. The quantitative estimate of drug-likeness (QED) is 0.826. The Morgan fingerprint density at radius 3 is 2.40 bits per heavy atom. The molecule has 4 amide bonds. The molecule has 1 aromatic heterocycles. The Morgan fingerprint density at radius 1 is 1.25 bits per heavy atom. The molecule has 1 aliphatic rings. The molecule has 0 unspecified atom stereocenters. The van der Waals surface area contributed by atoms with Crippen molar-refractivity contribution >= 4 is 17.8 Å². The first-order valence-corrected chi connectivity index (χ1v) is 6.59. The van der Waals surface area contributed by atoms with Crippen molar-refractivity contribution in [1.29, 1.82) is 0 Å². The summed E-state index contributed by atoms with van der Waals surface area (Å²) >= 11 is 0. The summed E-state index contributed by atoms with van der Waals surface area (Å²) in [4.78, 5) is 37.5. The largest absolute Gasteiger partial charge is 0.331 e. The van der Waals surface area contributed by atoms with Crippen LogP contribution in [0.4, 0.5) is 4.79 Å². The van der Waals surface area contributed by atoms with E-state index in [2.05, 4.69) is 10.4 Å². The highest BCUT2D eigenvalue weighted by molar-refractivity contribution is 6.19. The van der Waals surface area contributed by atoms with Crippen LogP contribution in [0.15, 0.2) is 12.4 Å². The molecular formula is C13H18N4O3. The third-order valence-corrected chi connectivity index (χ3v) is 3.86. The molecule has 108 valence electrons. The minimum absolute atomic E-state index is 0.119. The first-order valence-electron chi connectivity index (χ1n) is 6.59. The van der Waals surface area contributed by atoms with Gasteiger partial charge in [0.15, 0.2) is 0 Å². The fourth-order valence-electron chi connectivity index (χ4n) is 2.49. The lowest BCUT2D eigenvalue weighted by atomic mass is 9.78. The molecule has 2 heterocycles. The monoisotopic (exact) mass is 278 g/mol. The van der Waals surface area contributed by atoms with Crippen molar-refractivity contribution in [1.82, 2.24) is 20.0 Å². The van der Waals surface area contributed by atoms with E-state index in [-0.39, 0.29) is 6.54 Å². The number of urea groups is 1. The highest BCUT2D eigenvalue weighted by atomic mass is 16.2. The minimum atomic E-state index is -1.14. The molecule has 0 aromatic carbocycles. The Bertz CT molecular complexity index is 560. The molecule has 1 N–H and O–H groups in total. The normalized spacial score (nSPS) is 18.4. The van der Waals surface area contributed by atoms with Crippen LogP contribution in [0.2, 0.25) is 0 Å². The van der Waals surface area contributed by atoms with Gasteiger partial charge in [0.25, 0.3) is 0 Å². The molecule has 1 aromatic rings. The van der Waals surface area contributed by atoms with Crippen molar-refractivity contribution in [2.24, 2.45) is 12.5 Å². The van der Waals surface area contributed by atoms with Gasteiger partial charge in [0.2, 0.25) is 11.8 Å². The maximum Gasteiger partial charge on any atom is 0.331 e. The lowest BCUT2D eigenvalue weighted by Crippen LogP contribution is -2.63. The van der Waals surface area contributed by atoms with Gasteiger partial charge in [0.1, 0.15) is 5.41 Å². The lowest BCUT2D eigenvalue weighted by Gasteiger charge is -2.38. The number of imide groups is 2. The molecule has 0 radical (unpaired) electrons. The van der Waals surface area contributed by atoms with E-state index in [4.69, 9.17) is 0 Å². The van der Waals surface area contributed by atoms with E-state index in [1.165, 1.54) is 0 Å². The standard InChI is InChI=1S/C13H18N4O3/c1-4-13(5-2)10(18)15-12(20)17(11(13)19)8-9-6-14-16(3)7-9/h6-7H,4-5,8H2,1-3H3,(H,15,18,20). The third kappa shape index (κ3) is 2.09. The molecule has 1 saturated heterocycles. The van der Waals surface area contributed by atoms with Crippen LogP contribution in [0.5, 0.6) is 0 Å². The Morgan fingerprint density at radius 2 is 1.90 bits per heavy atom. The molecule has 2 rings (SSSR count). The minimum Gasteiger partial charge on any atom is -0.277 e. The third-order valence-electron chi connectivity index (χ3n) is 3.86. The van der Waals surface area contributed by atoms with Crippen molar-refractivity contribution < 1.29 is 14.4 Å². The molecule has 1 aliphatic heterocycles. The van der Waals surface area contributed by atoms with Crippen LogP contribution >= 0.6 is 0 Å². The predicted molar refractivity (Wildman–Crippen MR) is 70.3 cm³/mol. The van der Waals surface area contributed by atoms with E-state index in [9.17, 15) is 14.4 Å². The topological polar surface area (TPSA) is 84.3 Å². The summed E-state index contributed by atoms with van der Waals surface area (Å²) in [5, 5.41) is 6.28. The van der Waals surface area contributed by atoms with Gasteiger partial charge < -0.3 is 0 Å². The maximum absolute atomic E-state index is 12.6. The fraction of sp³-hybridized carbons (Fsp3) is 0.538. The van der Waals surface area contributed by atoms with Gasteiger partial charge in [0, 0.05) is 18.8 Å². The summed E-state index contributed by atoms with van der Waals surface area (Å²) in [5.41, 5.74) is -0.401. The Labute approximate surface area is 116 Å². The Kier molecular flexibility index (Phi) is 3.61. The molecule has 0 saturated carbocycles. The van der Waals surface area contributed by atoms with Crippen molar-refractivity contribution in [3.8, 4) is 0 Å². The van der Waals surface area contributed by atoms with Crippen LogP contribution in [0.25, 0.3) is 0 Å². The van der Waals surface area contributed by atoms with E-state index in [1.54, 1.807) is 38.0 Å². The number of aromatic nitrogens is 2. The molecule has 0 spiro atoms. The first-order chi connectivity index (χ1) is 9.44. The zero-order valence-electron chi connectivity index (χ0n) is 11.8. The second kappa shape index (κ2) is 5.07. The van der Waals surface area contributed by atoms with E-state index >= 15 is 0 Å². The summed E-state index contributed by atoms with van der Waals surface area (Å²) in [6, 6.07) is -0.665. The number of carbonyl (C=O) groups excluding carboxylic acids is 3. The summed E-state index contributed by atoms with van der Waals surface area (Å²) in [7, 11) is 1.76. The molecular weight excluding hydrogens is 260 g/mol. The average molecular weight is 278 g/mol. The van der Waals surface area contributed by atoms with Gasteiger partial charge in [-0.3, -0.25) is 24.5 Å². The zero-order valence-corrected chi connectivity index (χ0v) is 11.8. The summed E-state index contributed by atoms with van der Waals surface area (Å²) in [6.07, 6.45) is 4.06. The number of carbonyl (C=O) groups is 3. The number of hydrogen-bond donors (Lipinski definition) is 1. The van der Waals surface area contributed by atoms with Crippen LogP contribution in [0.1, 0.15) is 32.3 Å². The van der Waals surface area contributed by atoms with Gasteiger partial charge in [0.05, 0.1) is 12.7 Å². The number of nitrogens with zero attached hydrogens (tertiary/aromatic N) is 3. The molecule has 7 nitrogen and oxygen atoms in total. The molecule has 0 bridgehead atoms. The van der Waals surface area contributed by atoms with Gasteiger partial charge >= 0.3 is 6.03 Å². The molecule has 0 atom stereocenters. The van der Waals surface area contributed by atoms with Gasteiger partial charge in [-0.25, -0.2) is 4.79 Å². The smallest absolute Gasteiger partial charge is 0.277 e. The van der Waals surface area contributed by atoms with Crippen LogP contribution in [0.3, 0.4) is 0 Å². The fourth-order valence-corrected chi connectivity index (χ4v) is 2.49. The van der Waals surface area contributed by atoms with Crippen LogP contribution in [-0.4, -0.2) is 32.5 Å². The highest BCUT2D eigenvalue weighted by Crippen LogP contribution is 2.32. The first kappa shape index (κ1) is 14.2. The van der Waals surface area contributed by atoms with Crippen molar-refractivity contribution in [2.45, 2.75) is 33.2 Å². The second-order valence-electron chi connectivity index (χ2n) is 4.96.